The molecular weight excluding hydrogens is 350 g/mol. The number of nitrogens with zero attached hydrogens (tertiary/aromatic N) is 6. The predicted octanol–water partition coefficient (Wildman–Crippen LogP) is 2.66. The Morgan fingerprint density at radius 3 is 2.70 bits per heavy atom. The van der Waals surface area contributed by atoms with E-state index < -0.39 is 4.92 Å². The van der Waals surface area contributed by atoms with Crippen molar-refractivity contribution < 1.29 is 9.66 Å². The van der Waals surface area contributed by atoms with Crippen LogP contribution in [-0.2, 0) is 0 Å². The number of ether oxygens (including phenoxy) is 1. The maximum absolute atomic E-state index is 11.0. The highest BCUT2D eigenvalue weighted by Gasteiger charge is 2.36. The van der Waals surface area contributed by atoms with E-state index in [-0.39, 0.29) is 11.6 Å². The molecule has 4 heterocycles. The molecule has 0 fully saturated rings. The number of rotatable bonds is 2. The van der Waals surface area contributed by atoms with E-state index in [1.807, 2.05) is 13.8 Å². The fourth-order valence-electron chi connectivity index (χ4n) is 3.53. The van der Waals surface area contributed by atoms with E-state index in [2.05, 4.69) is 25.3 Å². The number of H-pyrrole nitrogens is 1. The molecule has 1 aliphatic rings. The molecule has 10 heteroatoms. The molecule has 27 heavy (non-hydrogen) atoms. The molecule has 0 saturated carbocycles. The second kappa shape index (κ2) is 5.34. The lowest BCUT2D eigenvalue weighted by Crippen LogP contribution is -2.16. The number of hydrogen-bond donors (Lipinski definition) is 1. The van der Waals surface area contributed by atoms with E-state index in [0.29, 0.717) is 23.2 Å². The van der Waals surface area contributed by atoms with Gasteiger partial charge in [-0.15, -0.1) is 5.10 Å². The first-order valence-corrected chi connectivity index (χ1v) is 8.22. The molecule has 1 aliphatic heterocycles. The third-order valence-electron chi connectivity index (χ3n) is 4.76. The SMILES string of the molecule is Cc1[nH]nc2c1C(c1ccc([N+](=O)[O-])cc1)c1c(nc(C)n3ncnc13)O2. The number of aromatic nitrogens is 6. The number of aryl methyl sites for hydroxylation is 2. The zero-order valence-corrected chi connectivity index (χ0v) is 14.4. The van der Waals surface area contributed by atoms with Crippen molar-refractivity contribution in [1.82, 2.24) is 29.8 Å². The van der Waals surface area contributed by atoms with Gasteiger partial charge < -0.3 is 4.74 Å². The molecule has 0 amide bonds. The Balaban J connectivity index is 1.81. The van der Waals surface area contributed by atoms with Gasteiger partial charge in [0, 0.05) is 23.4 Å². The smallest absolute Gasteiger partial charge is 0.269 e. The van der Waals surface area contributed by atoms with E-state index in [1.165, 1.54) is 18.5 Å². The molecular formula is C17H13N7O3. The normalized spacial score (nSPS) is 15.3. The van der Waals surface area contributed by atoms with Crippen molar-refractivity contribution in [2.45, 2.75) is 19.8 Å². The molecule has 1 atom stereocenters. The van der Waals surface area contributed by atoms with Crippen LogP contribution in [0.2, 0.25) is 0 Å². The Bertz CT molecular complexity index is 1210. The van der Waals surface area contributed by atoms with E-state index in [0.717, 1.165) is 22.4 Å². The number of benzene rings is 1. The summed E-state index contributed by atoms with van der Waals surface area (Å²) < 4.78 is 7.58. The van der Waals surface area contributed by atoms with E-state index in [1.54, 1.807) is 16.6 Å². The van der Waals surface area contributed by atoms with E-state index in [9.17, 15) is 10.1 Å². The minimum atomic E-state index is -0.419. The Labute approximate surface area is 152 Å². The summed E-state index contributed by atoms with van der Waals surface area (Å²) in [6.07, 6.45) is 1.47. The number of nitro groups is 1. The Morgan fingerprint density at radius 2 is 1.96 bits per heavy atom. The second-order valence-corrected chi connectivity index (χ2v) is 6.32. The van der Waals surface area contributed by atoms with Crippen LogP contribution in [0.25, 0.3) is 5.65 Å². The molecule has 3 aromatic heterocycles. The highest BCUT2D eigenvalue weighted by atomic mass is 16.6. The molecule has 1 N–H and O–H groups in total. The minimum Gasteiger partial charge on any atom is -0.418 e. The molecule has 0 aliphatic carbocycles. The van der Waals surface area contributed by atoms with Crippen molar-refractivity contribution in [3.05, 3.63) is 68.9 Å². The van der Waals surface area contributed by atoms with Gasteiger partial charge in [0.25, 0.3) is 5.69 Å². The van der Waals surface area contributed by atoms with Crippen LogP contribution >= 0.6 is 0 Å². The van der Waals surface area contributed by atoms with Crippen LogP contribution in [0.4, 0.5) is 5.69 Å². The third-order valence-corrected chi connectivity index (χ3v) is 4.76. The van der Waals surface area contributed by atoms with Crippen LogP contribution in [-0.4, -0.2) is 34.7 Å². The van der Waals surface area contributed by atoms with Crippen LogP contribution in [0, 0.1) is 24.0 Å². The van der Waals surface area contributed by atoms with Crippen molar-refractivity contribution >= 4 is 11.3 Å². The Morgan fingerprint density at radius 1 is 1.19 bits per heavy atom. The minimum absolute atomic E-state index is 0.0322. The summed E-state index contributed by atoms with van der Waals surface area (Å²) in [7, 11) is 0. The van der Waals surface area contributed by atoms with Gasteiger partial charge in [-0.2, -0.15) is 14.6 Å². The summed E-state index contributed by atoms with van der Waals surface area (Å²) >= 11 is 0. The number of fused-ring (bicyclic) bond motifs is 4. The van der Waals surface area contributed by atoms with Crippen molar-refractivity contribution in [1.29, 1.82) is 0 Å². The molecule has 0 spiro atoms. The first-order chi connectivity index (χ1) is 13.0. The fraction of sp³-hybridized carbons (Fsp3) is 0.176. The van der Waals surface area contributed by atoms with Gasteiger partial charge in [-0.25, -0.2) is 4.98 Å². The van der Waals surface area contributed by atoms with Crippen molar-refractivity contribution in [2.24, 2.45) is 0 Å². The van der Waals surface area contributed by atoms with E-state index in [4.69, 9.17) is 4.74 Å². The van der Waals surface area contributed by atoms with Crippen LogP contribution in [0.5, 0.6) is 11.8 Å². The second-order valence-electron chi connectivity index (χ2n) is 6.32. The molecule has 5 rings (SSSR count). The molecule has 10 nitrogen and oxygen atoms in total. The largest absolute Gasteiger partial charge is 0.418 e. The van der Waals surface area contributed by atoms with Crippen molar-refractivity contribution in [3.8, 4) is 11.8 Å². The molecule has 1 unspecified atom stereocenters. The van der Waals surface area contributed by atoms with Gasteiger partial charge in [-0.1, -0.05) is 12.1 Å². The van der Waals surface area contributed by atoms with Gasteiger partial charge in [0.1, 0.15) is 12.2 Å². The van der Waals surface area contributed by atoms with Crippen LogP contribution in [0.15, 0.2) is 30.6 Å². The van der Waals surface area contributed by atoms with Crippen LogP contribution < -0.4 is 4.74 Å². The summed E-state index contributed by atoms with van der Waals surface area (Å²) in [4.78, 5) is 19.5. The van der Waals surface area contributed by atoms with Gasteiger partial charge in [0.15, 0.2) is 5.65 Å². The fourth-order valence-corrected chi connectivity index (χ4v) is 3.53. The summed E-state index contributed by atoms with van der Waals surface area (Å²) in [5.41, 5.74) is 3.97. The van der Waals surface area contributed by atoms with Gasteiger partial charge in [0.2, 0.25) is 11.8 Å². The standard InChI is InChI=1S/C17H13N7O3/c1-8-12-13(10-3-5-11(6-4-10)24(25)26)14-15-18-7-19-23(15)9(2)20-16(14)27-17(12)22-21-8/h3-7,13H,1-2H3,(H,21,22). The first-order valence-electron chi connectivity index (χ1n) is 8.22. The van der Waals surface area contributed by atoms with E-state index >= 15 is 0 Å². The lowest BCUT2D eigenvalue weighted by Gasteiger charge is -2.25. The lowest BCUT2D eigenvalue weighted by molar-refractivity contribution is -0.384. The van der Waals surface area contributed by atoms with Gasteiger partial charge in [-0.05, 0) is 19.4 Å². The number of nitrogens with one attached hydrogen (secondary N) is 1. The van der Waals surface area contributed by atoms with Crippen LogP contribution in [0.3, 0.4) is 0 Å². The molecule has 0 saturated heterocycles. The first kappa shape index (κ1) is 15.4. The summed E-state index contributed by atoms with van der Waals surface area (Å²) in [5, 5.41) is 22.4. The number of aromatic amines is 1. The highest BCUT2D eigenvalue weighted by Crippen LogP contribution is 2.48. The zero-order valence-electron chi connectivity index (χ0n) is 14.4. The average molecular weight is 363 g/mol. The maximum Gasteiger partial charge on any atom is 0.269 e. The van der Waals surface area contributed by atoms with Gasteiger partial charge >= 0.3 is 0 Å². The number of nitro benzene ring substituents is 1. The van der Waals surface area contributed by atoms with Gasteiger partial charge in [0.05, 0.1) is 16.4 Å². The monoisotopic (exact) mass is 363 g/mol. The molecule has 0 bridgehead atoms. The number of hydrogen-bond acceptors (Lipinski definition) is 7. The molecule has 0 radical (unpaired) electrons. The van der Waals surface area contributed by atoms with Crippen molar-refractivity contribution in [2.75, 3.05) is 0 Å². The molecule has 4 aromatic rings. The topological polar surface area (TPSA) is 124 Å². The summed E-state index contributed by atoms with van der Waals surface area (Å²) in [6, 6.07) is 6.45. The van der Waals surface area contributed by atoms with Crippen molar-refractivity contribution in [3.63, 3.8) is 0 Å². The predicted molar refractivity (Wildman–Crippen MR) is 93.0 cm³/mol. The van der Waals surface area contributed by atoms with Crippen LogP contribution in [0.1, 0.15) is 34.1 Å². The summed E-state index contributed by atoms with van der Waals surface area (Å²) in [6.45, 7) is 3.72. The molecule has 1 aromatic carbocycles. The quantitative estimate of drug-likeness (QED) is 0.377. The Hall–Kier alpha value is -3.82. The average Bonchev–Trinajstić information content (AvgIpc) is 3.28. The third kappa shape index (κ3) is 2.13. The highest BCUT2D eigenvalue weighted by molar-refractivity contribution is 5.65. The molecule has 134 valence electrons. The lowest BCUT2D eigenvalue weighted by atomic mass is 9.84. The summed E-state index contributed by atoms with van der Waals surface area (Å²) in [5.74, 6) is 1.21. The number of non-ortho nitro benzene ring substituents is 1. The maximum atomic E-state index is 11.0. The van der Waals surface area contributed by atoms with Gasteiger partial charge in [-0.3, -0.25) is 15.2 Å². The Kier molecular flexibility index (Phi) is 3.05. The zero-order chi connectivity index (χ0) is 18.7.